The first-order chi connectivity index (χ1) is 15.3. The summed E-state index contributed by atoms with van der Waals surface area (Å²) in [6.07, 6.45) is 14.5. The second-order valence-electron chi connectivity index (χ2n) is 13.0. The predicted molar refractivity (Wildman–Crippen MR) is 136 cm³/mol. The summed E-state index contributed by atoms with van der Waals surface area (Å²) in [5.74, 6) is 2.38. The molecule has 4 heterocycles. The predicted octanol–water partition coefficient (Wildman–Crippen LogP) is 4.26. The molecule has 184 valence electrons. The first kappa shape index (κ1) is 23.9. The molecule has 5 nitrogen and oxygen atoms in total. The summed E-state index contributed by atoms with van der Waals surface area (Å²) in [5.41, 5.74) is 0.713. The highest BCUT2D eigenvalue weighted by molar-refractivity contribution is 7.98. The largest absolute Gasteiger partial charge is 0.302 e. The van der Waals surface area contributed by atoms with Crippen LogP contribution in [0.2, 0.25) is 0 Å². The summed E-state index contributed by atoms with van der Waals surface area (Å²) in [5, 5.41) is 12.5. The average molecular weight is 464 g/mol. The van der Waals surface area contributed by atoms with Crippen LogP contribution in [0.1, 0.15) is 91.9 Å². The molecule has 4 aliphatic heterocycles. The lowest BCUT2D eigenvalue weighted by Gasteiger charge is -2.55. The molecule has 7 unspecified atom stereocenters. The summed E-state index contributed by atoms with van der Waals surface area (Å²) in [6, 6.07) is 0.673. The molecule has 1 saturated carbocycles. The molecule has 8 atom stereocenters. The molecule has 5 fully saturated rings. The summed E-state index contributed by atoms with van der Waals surface area (Å²) in [6.45, 7) is 13.6. The lowest BCUT2D eigenvalue weighted by atomic mass is 9.63. The van der Waals surface area contributed by atoms with Gasteiger partial charge in [0.2, 0.25) is 0 Å². The van der Waals surface area contributed by atoms with Crippen LogP contribution in [-0.4, -0.2) is 53.8 Å². The summed E-state index contributed by atoms with van der Waals surface area (Å²) in [7, 11) is 0. The Kier molecular flexibility index (Phi) is 7.20. The highest BCUT2D eigenvalue weighted by Crippen LogP contribution is 2.47. The van der Waals surface area contributed by atoms with E-state index < -0.39 is 0 Å². The van der Waals surface area contributed by atoms with Gasteiger partial charge in [0.25, 0.3) is 0 Å². The number of nitrogens with zero attached hydrogens (tertiary/aromatic N) is 1. The van der Waals surface area contributed by atoms with E-state index in [1.807, 2.05) is 11.9 Å². The molecule has 5 aliphatic rings. The number of rotatable bonds is 0. The standard InChI is InChI=1S/C26H49N5S/c1-25(2)12-6-9-19-14-20-16-28-32-22-11-5-10-21(29-22)27-13-7-8-18-15-26(3,4)31(17-18)24(20)30-23(19)25/h18-24,27-30H,5-17H2,1-4H3/t18-,19?,20?,21?,22?,23?,24?/m0/s1. The fourth-order valence-electron chi connectivity index (χ4n) is 7.95. The normalized spacial score (nSPS) is 46.9. The van der Waals surface area contributed by atoms with Crippen molar-refractivity contribution >= 4 is 11.9 Å². The van der Waals surface area contributed by atoms with E-state index in [0.29, 0.717) is 40.6 Å². The van der Waals surface area contributed by atoms with Crippen molar-refractivity contribution in [2.75, 3.05) is 19.6 Å². The Morgan fingerprint density at radius 2 is 1.78 bits per heavy atom. The van der Waals surface area contributed by atoms with Gasteiger partial charge in [-0.25, -0.2) is 0 Å². The Bertz CT molecular complexity index is 640. The van der Waals surface area contributed by atoms with Crippen molar-refractivity contribution in [3.8, 4) is 0 Å². The molecule has 4 saturated heterocycles. The minimum absolute atomic E-state index is 0.294. The monoisotopic (exact) mass is 463 g/mol. The van der Waals surface area contributed by atoms with E-state index in [1.165, 1.54) is 70.8 Å². The van der Waals surface area contributed by atoms with Gasteiger partial charge < -0.3 is 5.32 Å². The third-order valence-electron chi connectivity index (χ3n) is 9.57. The van der Waals surface area contributed by atoms with E-state index in [2.05, 4.69) is 53.3 Å². The summed E-state index contributed by atoms with van der Waals surface area (Å²) < 4.78 is 3.87. The minimum atomic E-state index is 0.294. The average Bonchev–Trinajstić information content (AvgIpc) is 3.04. The van der Waals surface area contributed by atoms with Gasteiger partial charge in [0.1, 0.15) is 0 Å². The lowest BCUT2D eigenvalue weighted by Crippen LogP contribution is -2.67. The Labute approximate surface area is 201 Å². The maximum absolute atomic E-state index is 4.32. The number of fused-ring (bicyclic) bond motifs is 7. The molecule has 0 aromatic rings. The second-order valence-corrected chi connectivity index (χ2v) is 14.1. The zero-order chi connectivity index (χ0) is 22.3. The molecule has 0 amide bonds. The van der Waals surface area contributed by atoms with Crippen LogP contribution in [0.15, 0.2) is 0 Å². The summed E-state index contributed by atoms with van der Waals surface area (Å²) >= 11 is 1.96. The van der Waals surface area contributed by atoms with Crippen molar-refractivity contribution < 1.29 is 0 Å². The van der Waals surface area contributed by atoms with Crippen molar-refractivity contribution in [3.05, 3.63) is 0 Å². The van der Waals surface area contributed by atoms with E-state index in [1.54, 1.807) is 0 Å². The van der Waals surface area contributed by atoms with Crippen LogP contribution in [0.4, 0.5) is 0 Å². The molecule has 6 heteroatoms. The van der Waals surface area contributed by atoms with Crippen LogP contribution in [0, 0.1) is 23.2 Å². The molecule has 0 aromatic carbocycles. The van der Waals surface area contributed by atoms with Gasteiger partial charge in [-0.2, -0.15) is 0 Å². The van der Waals surface area contributed by atoms with Gasteiger partial charge in [0, 0.05) is 30.6 Å². The van der Waals surface area contributed by atoms with Gasteiger partial charge in [-0.05, 0) is 95.4 Å². The Balaban J connectivity index is 1.37. The zero-order valence-corrected chi connectivity index (χ0v) is 21.9. The molecule has 5 rings (SSSR count). The van der Waals surface area contributed by atoms with Gasteiger partial charge in [-0.15, -0.1) is 0 Å². The van der Waals surface area contributed by atoms with Gasteiger partial charge >= 0.3 is 0 Å². The Morgan fingerprint density at radius 3 is 2.66 bits per heavy atom. The van der Waals surface area contributed by atoms with Crippen molar-refractivity contribution in [1.82, 2.24) is 25.6 Å². The molecule has 4 N–H and O–H groups in total. The zero-order valence-electron chi connectivity index (χ0n) is 21.1. The van der Waals surface area contributed by atoms with Crippen molar-refractivity contribution in [2.24, 2.45) is 23.2 Å². The molecule has 1 aliphatic carbocycles. The molecular formula is C26H49N5S. The smallest absolute Gasteiger partial charge is 0.0690 e. The summed E-state index contributed by atoms with van der Waals surface area (Å²) in [4.78, 5) is 2.90. The quantitative estimate of drug-likeness (QED) is 0.403. The maximum Gasteiger partial charge on any atom is 0.0690 e. The second kappa shape index (κ2) is 9.66. The lowest BCUT2D eigenvalue weighted by molar-refractivity contribution is -0.0383. The van der Waals surface area contributed by atoms with Crippen molar-refractivity contribution in [3.63, 3.8) is 0 Å². The van der Waals surface area contributed by atoms with Crippen molar-refractivity contribution in [1.29, 1.82) is 0 Å². The van der Waals surface area contributed by atoms with Crippen LogP contribution < -0.4 is 20.7 Å². The van der Waals surface area contributed by atoms with Crippen LogP contribution in [0.3, 0.4) is 0 Å². The molecule has 32 heavy (non-hydrogen) atoms. The molecule has 4 bridgehead atoms. The Hall–Kier alpha value is 0.150. The number of hydrogen-bond donors (Lipinski definition) is 4. The molecule has 0 radical (unpaired) electrons. The van der Waals surface area contributed by atoms with Gasteiger partial charge in [0.15, 0.2) is 0 Å². The first-order valence-corrected chi connectivity index (χ1v) is 14.6. The highest BCUT2D eigenvalue weighted by Gasteiger charge is 2.51. The number of hydrogen-bond acceptors (Lipinski definition) is 6. The van der Waals surface area contributed by atoms with Gasteiger partial charge in [-0.3, -0.25) is 20.3 Å². The highest BCUT2D eigenvalue weighted by atomic mass is 32.2. The first-order valence-electron chi connectivity index (χ1n) is 13.7. The molecule has 0 aromatic heterocycles. The maximum atomic E-state index is 4.32. The van der Waals surface area contributed by atoms with Crippen LogP contribution in [-0.2, 0) is 0 Å². The Morgan fingerprint density at radius 1 is 0.906 bits per heavy atom. The van der Waals surface area contributed by atoms with E-state index in [0.717, 1.165) is 24.9 Å². The number of piperidine rings is 2. The van der Waals surface area contributed by atoms with E-state index in [4.69, 9.17) is 0 Å². The molecule has 0 spiro atoms. The number of nitrogens with one attached hydrogen (secondary N) is 4. The third kappa shape index (κ3) is 5.06. The fourth-order valence-corrected chi connectivity index (χ4v) is 8.97. The van der Waals surface area contributed by atoms with Crippen molar-refractivity contribution in [2.45, 2.75) is 121 Å². The minimum Gasteiger partial charge on any atom is -0.302 e. The van der Waals surface area contributed by atoms with E-state index in [9.17, 15) is 0 Å². The van der Waals surface area contributed by atoms with E-state index >= 15 is 0 Å². The fraction of sp³-hybridized carbons (Fsp3) is 1.00. The van der Waals surface area contributed by atoms with Gasteiger partial charge in [-0.1, -0.05) is 32.2 Å². The third-order valence-corrected chi connectivity index (χ3v) is 10.6. The van der Waals surface area contributed by atoms with Gasteiger partial charge in [0.05, 0.1) is 17.7 Å². The van der Waals surface area contributed by atoms with Crippen LogP contribution >= 0.6 is 11.9 Å². The topological polar surface area (TPSA) is 51.4 Å². The van der Waals surface area contributed by atoms with Crippen LogP contribution in [0.5, 0.6) is 0 Å². The molecular weight excluding hydrogens is 414 g/mol. The SMILES string of the molecule is CC1(C)CCCC2CC3CNSC4CCCC(NCCC[C@@H]5CN(C3NC21)C(C)(C)C5)N4. The van der Waals surface area contributed by atoms with E-state index in [-0.39, 0.29) is 0 Å². The van der Waals surface area contributed by atoms with Crippen LogP contribution in [0.25, 0.3) is 0 Å².